The van der Waals surface area contributed by atoms with Crippen LogP contribution in [0.15, 0.2) is 34.0 Å². The lowest BCUT2D eigenvalue weighted by Crippen LogP contribution is -1.57. The molecule has 0 aliphatic heterocycles. The summed E-state index contributed by atoms with van der Waals surface area (Å²) in [5, 5.41) is 1.26. The van der Waals surface area contributed by atoms with E-state index in [1.54, 1.807) is 0 Å². The predicted octanol–water partition coefficient (Wildman–Crippen LogP) is 1.50. The highest BCUT2D eigenvalue weighted by atomic mass is 28.2. The lowest BCUT2D eigenvalue weighted by Gasteiger charge is -1.82. The lowest BCUT2D eigenvalue weighted by atomic mass is 10.3. The second-order valence-corrected chi connectivity index (χ2v) is 2.80. The normalized spacial score (nSPS) is 10.2. The van der Waals surface area contributed by atoms with Crippen LogP contribution in [0.5, 0.6) is 0 Å². The van der Waals surface area contributed by atoms with Crippen molar-refractivity contribution in [3.05, 3.63) is 29.9 Å². The van der Waals surface area contributed by atoms with Crippen molar-refractivity contribution in [2.45, 2.75) is 0 Å². The van der Waals surface area contributed by atoms with Crippen LogP contribution in [0.3, 0.4) is 0 Å². The molecule has 0 amide bonds. The summed E-state index contributed by atoms with van der Waals surface area (Å²) in [4.78, 5) is 0. The molecule has 0 saturated carbocycles. The molecule has 1 aromatic heterocycles. The second kappa shape index (κ2) is 1.81. The van der Waals surface area contributed by atoms with Gasteiger partial charge in [0, 0.05) is 5.39 Å². The van der Waals surface area contributed by atoms with Gasteiger partial charge in [-0.25, -0.2) is 0 Å². The molecule has 2 aromatic rings. The molecule has 0 aliphatic rings. The van der Waals surface area contributed by atoms with Gasteiger partial charge in [-0.15, -0.1) is 0 Å². The van der Waals surface area contributed by atoms with Crippen LogP contribution in [0, 0.1) is 0 Å². The van der Waals surface area contributed by atoms with Crippen molar-refractivity contribution >= 4 is 20.3 Å². The molecule has 0 spiro atoms. The monoisotopic (exact) mass is 134 g/mol. The van der Waals surface area contributed by atoms with Crippen LogP contribution in [-0.4, -0.2) is 9.38 Å². The summed E-state index contributed by atoms with van der Waals surface area (Å²) in [5.41, 5.74) is 3.21. The summed E-state index contributed by atoms with van der Waals surface area (Å²) in [6.07, 6.45) is 0. The van der Waals surface area contributed by atoms with E-state index in [0.717, 1.165) is 5.58 Å². The Balaban J connectivity index is 2.95. The average molecular weight is 134 g/mol. The standard InChI is InChI=1S/C7H6OSi/c1-2-4-7-6(3-1)5-9-8-7/h1-5,9H. The Morgan fingerprint density at radius 1 is 1.22 bits per heavy atom. The maximum Gasteiger partial charge on any atom is 0.224 e. The van der Waals surface area contributed by atoms with Crippen LogP contribution in [-0.2, 0) is 0 Å². The van der Waals surface area contributed by atoms with Crippen LogP contribution in [0.1, 0.15) is 0 Å². The smallest absolute Gasteiger partial charge is 0.224 e. The van der Waals surface area contributed by atoms with Crippen molar-refractivity contribution in [3.8, 4) is 0 Å². The van der Waals surface area contributed by atoms with Crippen molar-refractivity contribution in [2.75, 3.05) is 0 Å². The van der Waals surface area contributed by atoms with E-state index in [1.807, 2.05) is 18.2 Å². The van der Waals surface area contributed by atoms with Gasteiger partial charge >= 0.3 is 0 Å². The van der Waals surface area contributed by atoms with Crippen LogP contribution in [0.2, 0.25) is 0 Å². The molecule has 0 aliphatic carbocycles. The Morgan fingerprint density at radius 3 is 3.00 bits per heavy atom. The first-order valence-electron chi connectivity index (χ1n) is 2.89. The fraction of sp³-hybridized carbons (Fsp3) is 0. The van der Waals surface area contributed by atoms with Gasteiger partial charge in [0.25, 0.3) is 0 Å². The first-order valence-corrected chi connectivity index (χ1v) is 4.03. The first-order chi connectivity index (χ1) is 4.47. The summed E-state index contributed by atoms with van der Waals surface area (Å²) in [5.74, 6) is 0. The van der Waals surface area contributed by atoms with Gasteiger partial charge in [-0.1, -0.05) is 18.2 Å². The van der Waals surface area contributed by atoms with E-state index in [-0.39, 0.29) is 9.38 Å². The summed E-state index contributed by atoms with van der Waals surface area (Å²) >= 11 is 0. The lowest BCUT2D eigenvalue weighted by molar-refractivity contribution is 0.731. The quantitative estimate of drug-likeness (QED) is 0.498. The summed E-state index contributed by atoms with van der Waals surface area (Å²) in [6, 6.07) is 8.11. The Morgan fingerprint density at radius 2 is 2.11 bits per heavy atom. The van der Waals surface area contributed by atoms with Crippen molar-refractivity contribution in [3.63, 3.8) is 0 Å². The summed E-state index contributed by atoms with van der Waals surface area (Å²) < 4.78 is 5.33. The average Bonchev–Trinajstić information content (AvgIpc) is 2.33. The minimum Gasteiger partial charge on any atom is -0.519 e. The molecule has 0 saturated heterocycles. The SMILES string of the molecule is c1ccc2o[siH]cc2c1. The van der Waals surface area contributed by atoms with Gasteiger partial charge in [0.1, 0.15) is 5.58 Å². The van der Waals surface area contributed by atoms with E-state index < -0.39 is 0 Å². The maximum absolute atomic E-state index is 5.33. The van der Waals surface area contributed by atoms with Gasteiger partial charge in [0.15, 0.2) is 0 Å². The number of fused-ring (bicyclic) bond motifs is 1. The molecule has 2 heteroatoms. The van der Waals surface area contributed by atoms with Crippen molar-refractivity contribution < 1.29 is 4.10 Å². The van der Waals surface area contributed by atoms with E-state index in [9.17, 15) is 0 Å². The number of rotatable bonds is 0. The molecule has 0 fully saturated rings. The van der Waals surface area contributed by atoms with Crippen LogP contribution in [0.4, 0.5) is 0 Å². The van der Waals surface area contributed by atoms with E-state index >= 15 is 0 Å². The maximum atomic E-state index is 5.33. The zero-order valence-electron chi connectivity index (χ0n) is 4.87. The van der Waals surface area contributed by atoms with Gasteiger partial charge in [-0.3, -0.25) is 0 Å². The van der Waals surface area contributed by atoms with E-state index in [0.29, 0.717) is 0 Å². The molecule has 1 heterocycles. The summed E-state index contributed by atoms with van der Waals surface area (Å²) in [7, 11) is 0.0931. The molecule has 44 valence electrons. The molecule has 0 bridgehead atoms. The molecule has 0 atom stereocenters. The molecule has 1 aromatic carbocycles. The first kappa shape index (κ1) is 4.94. The molecular weight excluding hydrogens is 128 g/mol. The fourth-order valence-electron chi connectivity index (χ4n) is 0.906. The van der Waals surface area contributed by atoms with E-state index in [2.05, 4.69) is 11.7 Å². The molecule has 0 unspecified atom stereocenters. The molecule has 2 rings (SSSR count). The van der Waals surface area contributed by atoms with Gasteiger partial charge in [-0.05, 0) is 11.7 Å². The molecular formula is C7H6OSi. The topological polar surface area (TPSA) is 13.1 Å². The number of para-hydroxylation sites is 1. The van der Waals surface area contributed by atoms with Gasteiger partial charge in [0.2, 0.25) is 9.38 Å². The highest BCUT2D eigenvalue weighted by molar-refractivity contribution is 6.23. The largest absolute Gasteiger partial charge is 0.519 e. The Bertz CT molecular complexity index is 283. The Hall–Kier alpha value is -0.893. The van der Waals surface area contributed by atoms with Crippen molar-refractivity contribution in [1.29, 1.82) is 0 Å². The van der Waals surface area contributed by atoms with Gasteiger partial charge in [-0.2, -0.15) is 0 Å². The zero-order chi connectivity index (χ0) is 6.10. The molecule has 0 radical (unpaired) electrons. The van der Waals surface area contributed by atoms with Crippen LogP contribution >= 0.6 is 0 Å². The highest BCUT2D eigenvalue weighted by Crippen LogP contribution is 2.09. The van der Waals surface area contributed by atoms with Crippen molar-refractivity contribution in [1.82, 2.24) is 0 Å². The third-order valence-electron chi connectivity index (χ3n) is 1.36. The minimum absolute atomic E-state index is 0.0931. The predicted molar refractivity (Wildman–Crippen MR) is 39.0 cm³/mol. The van der Waals surface area contributed by atoms with E-state index in [4.69, 9.17) is 4.10 Å². The molecule has 1 nitrogen and oxygen atoms in total. The Kier molecular flexibility index (Phi) is 0.992. The fourth-order valence-corrected chi connectivity index (χ4v) is 1.76. The number of benzene rings is 1. The number of hydrogen-bond acceptors (Lipinski definition) is 1. The highest BCUT2D eigenvalue weighted by Gasteiger charge is 1.89. The van der Waals surface area contributed by atoms with E-state index in [1.165, 1.54) is 5.39 Å². The Labute approximate surface area is 55.2 Å². The van der Waals surface area contributed by atoms with Crippen LogP contribution in [0.25, 0.3) is 11.0 Å². The second-order valence-electron chi connectivity index (χ2n) is 1.96. The van der Waals surface area contributed by atoms with Crippen molar-refractivity contribution in [2.24, 2.45) is 0 Å². The third kappa shape index (κ3) is 0.714. The minimum atomic E-state index is 0.0931. The van der Waals surface area contributed by atoms with Crippen LogP contribution < -0.4 is 0 Å². The summed E-state index contributed by atoms with van der Waals surface area (Å²) in [6.45, 7) is 0. The molecule has 0 N–H and O–H groups in total. The third-order valence-corrected chi connectivity index (χ3v) is 2.25. The van der Waals surface area contributed by atoms with Gasteiger partial charge in [0.05, 0.1) is 0 Å². The molecule has 9 heavy (non-hydrogen) atoms. The zero-order valence-corrected chi connectivity index (χ0v) is 6.03. The number of hydrogen-bond donors (Lipinski definition) is 0. The van der Waals surface area contributed by atoms with Gasteiger partial charge < -0.3 is 4.10 Å².